The van der Waals surface area contributed by atoms with Crippen LogP contribution in [0.4, 0.5) is 11.8 Å². The van der Waals surface area contributed by atoms with Gasteiger partial charge in [-0.15, -0.1) is 0 Å². The Morgan fingerprint density at radius 2 is 2.35 bits per heavy atom. The number of fused-ring (bicyclic) bond motifs is 1. The molecule has 3 atom stereocenters. The van der Waals surface area contributed by atoms with Gasteiger partial charge in [0.05, 0.1) is 12.7 Å². The maximum atomic E-state index is 9.85. The summed E-state index contributed by atoms with van der Waals surface area (Å²) in [6, 6.07) is 0. The maximum Gasteiger partial charge on any atom is 0.207 e. The number of nitrogens with one attached hydrogen (secondary N) is 1. The minimum atomic E-state index is -0.730. The van der Waals surface area contributed by atoms with Crippen LogP contribution in [-0.4, -0.2) is 55.6 Å². The van der Waals surface area contributed by atoms with Crippen LogP contribution < -0.4 is 11.1 Å². The lowest BCUT2D eigenvalue weighted by atomic mass is 10.2. The van der Waals surface area contributed by atoms with Crippen molar-refractivity contribution in [3.63, 3.8) is 0 Å². The number of aliphatic hydroxyl groups is 2. The topological polar surface area (TPSA) is 131 Å². The number of hydrogen-bond acceptors (Lipinski definition) is 8. The summed E-state index contributed by atoms with van der Waals surface area (Å²) in [5.41, 5.74) is 6.79. The standard InChI is InChI=1S/C11H16N6O3/c1-13-11-16-8-9(12)14-4-15-10(8)17(11)7-2-5(19)6(3-18)20-7/h4-7,18-19H,2-3H2,1H3,(H,13,16)(H2,12,14,15)/t5-,6-,7+/m0/s1. The van der Waals surface area contributed by atoms with Crippen LogP contribution in [0.2, 0.25) is 0 Å². The van der Waals surface area contributed by atoms with Crippen LogP contribution in [0.15, 0.2) is 6.33 Å². The number of ether oxygens (including phenoxy) is 1. The number of hydrogen-bond donors (Lipinski definition) is 4. The number of aliphatic hydroxyl groups excluding tert-OH is 2. The molecule has 3 rings (SSSR count). The molecule has 3 heterocycles. The third-order valence-electron chi connectivity index (χ3n) is 3.40. The largest absolute Gasteiger partial charge is 0.394 e. The number of aromatic nitrogens is 4. The van der Waals surface area contributed by atoms with Gasteiger partial charge in [-0.05, 0) is 0 Å². The average molecular weight is 280 g/mol. The Balaban J connectivity index is 2.09. The minimum absolute atomic E-state index is 0.240. The van der Waals surface area contributed by atoms with Crippen molar-refractivity contribution in [3.05, 3.63) is 6.33 Å². The molecule has 108 valence electrons. The number of anilines is 2. The summed E-state index contributed by atoms with van der Waals surface area (Å²) in [7, 11) is 1.72. The summed E-state index contributed by atoms with van der Waals surface area (Å²) in [6.45, 7) is -0.240. The van der Waals surface area contributed by atoms with E-state index in [1.54, 1.807) is 11.6 Å². The molecular weight excluding hydrogens is 264 g/mol. The molecule has 1 saturated heterocycles. The molecule has 2 aromatic rings. The third kappa shape index (κ3) is 1.87. The summed E-state index contributed by atoms with van der Waals surface area (Å²) in [4.78, 5) is 12.4. The first-order valence-electron chi connectivity index (χ1n) is 6.26. The van der Waals surface area contributed by atoms with Crippen molar-refractivity contribution in [1.82, 2.24) is 19.5 Å². The molecule has 20 heavy (non-hydrogen) atoms. The monoisotopic (exact) mass is 280 g/mol. The normalized spacial score (nSPS) is 26.2. The van der Waals surface area contributed by atoms with E-state index in [1.807, 2.05) is 0 Å². The van der Waals surface area contributed by atoms with Gasteiger partial charge in [-0.2, -0.15) is 0 Å². The van der Waals surface area contributed by atoms with Gasteiger partial charge in [0.2, 0.25) is 5.95 Å². The van der Waals surface area contributed by atoms with Gasteiger partial charge in [0.1, 0.15) is 18.7 Å². The van der Waals surface area contributed by atoms with Crippen molar-refractivity contribution in [2.75, 3.05) is 24.7 Å². The molecule has 0 aromatic carbocycles. The quantitative estimate of drug-likeness (QED) is 0.568. The van der Waals surface area contributed by atoms with Crippen molar-refractivity contribution in [2.45, 2.75) is 24.9 Å². The first kappa shape index (κ1) is 13.0. The molecule has 0 aliphatic carbocycles. The molecule has 9 heteroatoms. The zero-order valence-electron chi connectivity index (χ0n) is 10.9. The van der Waals surface area contributed by atoms with Crippen molar-refractivity contribution < 1.29 is 14.9 Å². The van der Waals surface area contributed by atoms with Gasteiger partial charge in [0.15, 0.2) is 17.0 Å². The fraction of sp³-hybridized carbons (Fsp3) is 0.545. The van der Waals surface area contributed by atoms with Gasteiger partial charge in [-0.1, -0.05) is 0 Å². The summed E-state index contributed by atoms with van der Waals surface area (Å²) in [5.74, 6) is 0.797. The lowest BCUT2D eigenvalue weighted by Crippen LogP contribution is -2.24. The Labute approximate surface area is 114 Å². The molecule has 5 N–H and O–H groups in total. The summed E-state index contributed by atoms with van der Waals surface area (Å²) in [5, 5.41) is 22.0. The highest BCUT2D eigenvalue weighted by Crippen LogP contribution is 2.34. The van der Waals surface area contributed by atoms with Gasteiger partial charge in [0.25, 0.3) is 0 Å². The number of nitrogen functional groups attached to an aromatic ring is 1. The predicted octanol–water partition coefficient (Wildman–Crippen LogP) is -0.909. The van der Waals surface area contributed by atoms with E-state index in [9.17, 15) is 5.11 Å². The number of nitrogens with zero attached hydrogens (tertiary/aromatic N) is 4. The van der Waals surface area contributed by atoms with Crippen LogP contribution in [0.3, 0.4) is 0 Å². The molecule has 0 unspecified atom stereocenters. The zero-order chi connectivity index (χ0) is 14.3. The number of nitrogens with two attached hydrogens (primary N) is 1. The van der Waals surface area contributed by atoms with E-state index < -0.39 is 18.4 Å². The predicted molar refractivity (Wildman–Crippen MR) is 70.9 cm³/mol. The van der Waals surface area contributed by atoms with Gasteiger partial charge >= 0.3 is 0 Å². The lowest BCUT2D eigenvalue weighted by molar-refractivity contribution is -0.0425. The van der Waals surface area contributed by atoms with Gasteiger partial charge in [-0.25, -0.2) is 15.0 Å². The molecule has 0 bridgehead atoms. The Hall–Kier alpha value is -1.97. The van der Waals surface area contributed by atoms with Gasteiger partial charge < -0.3 is 26.0 Å². The van der Waals surface area contributed by atoms with Gasteiger partial charge in [-0.3, -0.25) is 4.57 Å². The molecular formula is C11H16N6O3. The average Bonchev–Trinajstić information content (AvgIpc) is 2.99. The molecule has 1 aliphatic rings. The molecule has 1 aliphatic heterocycles. The molecule has 0 radical (unpaired) electrons. The van der Waals surface area contributed by atoms with E-state index in [-0.39, 0.29) is 12.4 Å². The van der Waals surface area contributed by atoms with Crippen LogP contribution in [0, 0.1) is 0 Å². The highest BCUT2D eigenvalue weighted by Gasteiger charge is 2.36. The van der Waals surface area contributed by atoms with E-state index in [4.69, 9.17) is 15.6 Å². The SMILES string of the molecule is CNc1nc2c(N)ncnc2n1[C@H]1C[C@H](O)[C@H](CO)O1. The minimum Gasteiger partial charge on any atom is -0.394 e. The van der Waals surface area contributed by atoms with Crippen LogP contribution in [0.25, 0.3) is 11.2 Å². The van der Waals surface area contributed by atoms with Crippen molar-refractivity contribution in [1.29, 1.82) is 0 Å². The van der Waals surface area contributed by atoms with Crippen molar-refractivity contribution in [2.24, 2.45) is 0 Å². The van der Waals surface area contributed by atoms with E-state index in [0.717, 1.165) is 0 Å². The van der Waals surface area contributed by atoms with E-state index in [1.165, 1.54) is 6.33 Å². The van der Waals surface area contributed by atoms with Gasteiger partial charge in [0, 0.05) is 13.5 Å². The second-order valence-electron chi connectivity index (χ2n) is 4.60. The van der Waals surface area contributed by atoms with Crippen molar-refractivity contribution >= 4 is 22.9 Å². The Morgan fingerprint density at radius 3 is 3.00 bits per heavy atom. The molecule has 2 aromatic heterocycles. The molecule has 0 spiro atoms. The van der Waals surface area contributed by atoms with Crippen molar-refractivity contribution in [3.8, 4) is 0 Å². The Morgan fingerprint density at radius 1 is 1.55 bits per heavy atom. The van der Waals surface area contributed by atoms with E-state index in [2.05, 4.69) is 20.3 Å². The van der Waals surface area contributed by atoms with Crippen LogP contribution in [0.1, 0.15) is 12.6 Å². The first-order chi connectivity index (χ1) is 9.65. The first-order valence-corrected chi connectivity index (χ1v) is 6.26. The number of imidazole rings is 1. The van der Waals surface area contributed by atoms with Crippen LogP contribution >= 0.6 is 0 Å². The fourth-order valence-corrected chi connectivity index (χ4v) is 2.41. The summed E-state index contributed by atoms with van der Waals surface area (Å²) < 4.78 is 7.35. The molecule has 9 nitrogen and oxygen atoms in total. The van der Waals surface area contributed by atoms with E-state index in [0.29, 0.717) is 23.5 Å². The fourth-order valence-electron chi connectivity index (χ4n) is 2.41. The summed E-state index contributed by atoms with van der Waals surface area (Å²) in [6.07, 6.45) is -0.115. The van der Waals surface area contributed by atoms with Crippen LogP contribution in [0.5, 0.6) is 0 Å². The number of rotatable bonds is 3. The Kier molecular flexibility index (Phi) is 3.16. The second-order valence-corrected chi connectivity index (χ2v) is 4.60. The molecule has 0 amide bonds. The third-order valence-corrected chi connectivity index (χ3v) is 3.40. The van der Waals surface area contributed by atoms with Crippen LogP contribution in [-0.2, 0) is 4.74 Å². The highest BCUT2D eigenvalue weighted by atomic mass is 16.5. The lowest BCUT2D eigenvalue weighted by Gasteiger charge is -2.16. The zero-order valence-corrected chi connectivity index (χ0v) is 10.9. The Bertz CT molecular complexity index is 630. The smallest absolute Gasteiger partial charge is 0.207 e. The highest BCUT2D eigenvalue weighted by molar-refractivity contribution is 5.84. The summed E-state index contributed by atoms with van der Waals surface area (Å²) >= 11 is 0. The molecule has 1 fully saturated rings. The van der Waals surface area contributed by atoms with E-state index >= 15 is 0 Å². The second kappa shape index (κ2) is 4.85. The molecule has 0 saturated carbocycles. The maximum absolute atomic E-state index is 9.85.